The van der Waals surface area contributed by atoms with E-state index in [-0.39, 0.29) is 10.5 Å². The van der Waals surface area contributed by atoms with Gasteiger partial charge in [0.05, 0.1) is 26.3 Å². The van der Waals surface area contributed by atoms with E-state index in [1.54, 1.807) is 0 Å². The van der Waals surface area contributed by atoms with Crippen molar-refractivity contribution in [3.63, 3.8) is 0 Å². The first kappa shape index (κ1) is 19.1. The molecule has 7 heteroatoms. The zero-order chi connectivity index (χ0) is 19.8. The number of benzene rings is 2. The fraction of sp³-hybridized carbons (Fsp3) is 0.238. The van der Waals surface area contributed by atoms with Crippen LogP contribution in [0.1, 0.15) is 6.42 Å². The van der Waals surface area contributed by atoms with Gasteiger partial charge in [-0.05, 0) is 51.3 Å². The minimum atomic E-state index is -0.590. The van der Waals surface area contributed by atoms with Crippen molar-refractivity contribution < 1.29 is 4.39 Å². The summed E-state index contributed by atoms with van der Waals surface area (Å²) >= 11 is 7.46. The molecule has 0 amide bonds. The van der Waals surface area contributed by atoms with Crippen molar-refractivity contribution in [2.75, 3.05) is 20.6 Å². The summed E-state index contributed by atoms with van der Waals surface area (Å²) in [5, 5.41) is 0.981. The Hall–Kier alpha value is -2.28. The van der Waals surface area contributed by atoms with Gasteiger partial charge in [-0.2, -0.15) is 0 Å². The Morgan fingerprint density at radius 1 is 1.25 bits per heavy atom. The molecule has 0 aliphatic carbocycles. The average Bonchev–Trinajstić information content (AvgIpc) is 3.09. The Kier molecular flexibility index (Phi) is 5.19. The van der Waals surface area contributed by atoms with Gasteiger partial charge in [-0.1, -0.05) is 23.7 Å². The highest BCUT2D eigenvalue weighted by Crippen LogP contribution is 2.30. The number of nitrogens with zero attached hydrogens (tertiary/aromatic N) is 3. The van der Waals surface area contributed by atoms with Crippen molar-refractivity contribution in [3.8, 4) is 10.6 Å². The van der Waals surface area contributed by atoms with Crippen molar-refractivity contribution in [2.45, 2.75) is 13.0 Å². The molecular weight excluding hydrogens is 397 g/mol. The monoisotopic (exact) mass is 415 g/mol. The number of thiazole rings is 1. The molecule has 0 atom stereocenters. The van der Waals surface area contributed by atoms with Crippen LogP contribution in [0.3, 0.4) is 0 Å². The first-order valence-electron chi connectivity index (χ1n) is 8.97. The van der Waals surface area contributed by atoms with E-state index in [2.05, 4.69) is 9.88 Å². The third kappa shape index (κ3) is 3.55. The number of aromatic nitrogens is 2. The van der Waals surface area contributed by atoms with Crippen molar-refractivity contribution in [1.82, 2.24) is 14.5 Å². The maximum absolute atomic E-state index is 14.1. The minimum absolute atomic E-state index is 0.0148. The molecule has 4 rings (SSSR count). The predicted octanol–water partition coefficient (Wildman–Crippen LogP) is 5.02. The molecular formula is C21H19ClFN3OS. The van der Waals surface area contributed by atoms with Gasteiger partial charge in [0, 0.05) is 18.1 Å². The van der Waals surface area contributed by atoms with Gasteiger partial charge in [-0.3, -0.25) is 4.79 Å². The molecule has 0 saturated carbocycles. The van der Waals surface area contributed by atoms with Crippen LogP contribution in [0.25, 0.3) is 31.7 Å². The van der Waals surface area contributed by atoms with Crippen molar-refractivity contribution in [1.29, 1.82) is 0 Å². The van der Waals surface area contributed by atoms with Gasteiger partial charge in [0.25, 0.3) is 0 Å². The molecule has 4 nitrogen and oxygen atoms in total. The molecule has 2 heterocycles. The van der Waals surface area contributed by atoms with E-state index >= 15 is 0 Å². The smallest absolute Gasteiger partial charge is 0.199 e. The number of para-hydroxylation sites is 1. The molecule has 0 saturated heterocycles. The van der Waals surface area contributed by atoms with E-state index in [4.69, 9.17) is 11.6 Å². The Morgan fingerprint density at radius 2 is 2.04 bits per heavy atom. The molecule has 28 heavy (non-hydrogen) atoms. The van der Waals surface area contributed by atoms with Gasteiger partial charge in [-0.15, -0.1) is 11.3 Å². The van der Waals surface area contributed by atoms with Gasteiger partial charge in [0.15, 0.2) is 5.43 Å². The number of rotatable bonds is 5. The number of hydrogen-bond acceptors (Lipinski definition) is 4. The molecule has 0 bridgehead atoms. The summed E-state index contributed by atoms with van der Waals surface area (Å²) in [7, 11) is 4.03. The predicted molar refractivity (Wildman–Crippen MR) is 115 cm³/mol. The van der Waals surface area contributed by atoms with E-state index < -0.39 is 5.82 Å². The van der Waals surface area contributed by atoms with Crippen LogP contribution in [0.5, 0.6) is 0 Å². The summed E-state index contributed by atoms with van der Waals surface area (Å²) in [5.41, 5.74) is 1.75. The van der Waals surface area contributed by atoms with Crippen LogP contribution in [-0.4, -0.2) is 35.1 Å². The fourth-order valence-corrected chi connectivity index (χ4v) is 4.40. The topological polar surface area (TPSA) is 38.1 Å². The Labute approximate surface area is 170 Å². The molecule has 0 spiro atoms. The third-order valence-corrected chi connectivity index (χ3v) is 6.01. The lowest BCUT2D eigenvalue weighted by Gasteiger charge is -2.15. The summed E-state index contributed by atoms with van der Waals surface area (Å²) in [5.74, 6) is -0.590. The molecule has 0 fully saturated rings. The summed E-state index contributed by atoms with van der Waals surface area (Å²) in [6, 6.07) is 10.5. The highest BCUT2D eigenvalue weighted by atomic mass is 35.5. The van der Waals surface area contributed by atoms with E-state index in [9.17, 15) is 9.18 Å². The van der Waals surface area contributed by atoms with Gasteiger partial charge < -0.3 is 9.47 Å². The van der Waals surface area contributed by atoms with Crippen molar-refractivity contribution >= 4 is 44.1 Å². The maximum Gasteiger partial charge on any atom is 0.199 e. The summed E-state index contributed by atoms with van der Waals surface area (Å²) < 4.78 is 17.1. The number of pyridine rings is 1. The summed E-state index contributed by atoms with van der Waals surface area (Å²) in [6.45, 7) is 1.59. The lowest BCUT2D eigenvalue weighted by atomic mass is 10.1. The van der Waals surface area contributed by atoms with Gasteiger partial charge in [-0.25, -0.2) is 9.37 Å². The fourth-order valence-electron chi connectivity index (χ4n) is 3.27. The van der Waals surface area contributed by atoms with E-state index in [0.29, 0.717) is 28.0 Å². The molecule has 2 aromatic carbocycles. The minimum Gasteiger partial charge on any atom is -0.346 e. The van der Waals surface area contributed by atoms with Crippen molar-refractivity contribution in [3.05, 3.63) is 63.7 Å². The van der Waals surface area contributed by atoms with Crippen LogP contribution in [0.15, 0.2) is 47.4 Å². The Balaban J connectivity index is 1.91. The SMILES string of the molecule is CN(C)CCCn1cc(-c2nc3ccccc3s2)c(=O)c2cc(F)c(Cl)cc21. The number of halogens is 2. The maximum atomic E-state index is 14.1. The number of hydrogen-bond donors (Lipinski definition) is 0. The molecule has 0 N–H and O–H groups in total. The standard InChI is InChI=1S/C21H19ClFN3OS/c1-25(2)8-5-9-26-12-14(21-24-17-6-3-4-7-19(17)28-21)20(27)13-10-16(23)15(22)11-18(13)26/h3-4,6-7,10-12H,5,8-9H2,1-2H3. The zero-order valence-electron chi connectivity index (χ0n) is 15.6. The molecule has 0 aliphatic heterocycles. The molecule has 144 valence electrons. The summed E-state index contributed by atoms with van der Waals surface area (Å²) in [4.78, 5) is 19.9. The Bertz CT molecular complexity index is 1200. The van der Waals surface area contributed by atoms with Crippen LogP contribution in [0.4, 0.5) is 4.39 Å². The van der Waals surface area contributed by atoms with Gasteiger partial charge in [0.2, 0.25) is 0 Å². The number of aryl methyl sites for hydroxylation is 1. The first-order valence-corrected chi connectivity index (χ1v) is 10.2. The molecule has 2 aromatic heterocycles. The second kappa shape index (κ2) is 7.62. The molecule has 0 aliphatic rings. The molecule has 4 aromatic rings. The third-order valence-electron chi connectivity index (χ3n) is 4.65. The highest BCUT2D eigenvalue weighted by molar-refractivity contribution is 7.21. The van der Waals surface area contributed by atoms with E-state index in [1.807, 2.05) is 49.1 Å². The van der Waals surface area contributed by atoms with E-state index in [0.717, 1.165) is 23.2 Å². The quantitative estimate of drug-likeness (QED) is 0.459. The number of fused-ring (bicyclic) bond motifs is 2. The second-order valence-corrected chi connectivity index (χ2v) is 8.43. The average molecular weight is 416 g/mol. The van der Waals surface area contributed by atoms with Crippen LogP contribution in [0, 0.1) is 5.82 Å². The van der Waals surface area contributed by atoms with Gasteiger partial charge >= 0.3 is 0 Å². The van der Waals surface area contributed by atoms with E-state index in [1.165, 1.54) is 23.5 Å². The van der Waals surface area contributed by atoms with Crippen LogP contribution in [0.2, 0.25) is 5.02 Å². The largest absolute Gasteiger partial charge is 0.346 e. The normalized spacial score (nSPS) is 11.8. The van der Waals surface area contributed by atoms with Crippen molar-refractivity contribution in [2.24, 2.45) is 0 Å². The molecule has 0 radical (unpaired) electrons. The van der Waals surface area contributed by atoms with Crippen LogP contribution < -0.4 is 5.43 Å². The van der Waals surface area contributed by atoms with Crippen LogP contribution in [-0.2, 0) is 6.54 Å². The lowest BCUT2D eigenvalue weighted by molar-refractivity contribution is 0.388. The highest BCUT2D eigenvalue weighted by Gasteiger charge is 2.16. The second-order valence-electron chi connectivity index (χ2n) is 6.99. The molecule has 0 unspecified atom stereocenters. The van der Waals surface area contributed by atoms with Crippen LogP contribution >= 0.6 is 22.9 Å². The zero-order valence-corrected chi connectivity index (χ0v) is 17.1. The van der Waals surface area contributed by atoms with Gasteiger partial charge in [0.1, 0.15) is 10.8 Å². The summed E-state index contributed by atoms with van der Waals surface area (Å²) in [6.07, 6.45) is 2.71. The Morgan fingerprint density at radius 3 is 2.79 bits per heavy atom. The first-order chi connectivity index (χ1) is 13.4. The lowest BCUT2D eigenvalue weighted by Crippen LogP contribution is -2.17.